The quantitative estimate of drug-likeness (QED) is 0.578. The number of hydrazine groups is 1. The van der Waals surface area contributed by atoms with Crippen LogP contribution in [0.2, 0.25) is 0 Å². The number of benzene rings is 1. The molecule has 0 saturated heterocycles. The maximum atomic E-state index is 12.4. The Hall–Kier alpha value is -1.83. The number of nitrogens with one attached hydrogen (secondary N) is 2. The number of furan rings is 1. The summed E-state index contributed by atoms with van der Waals surface area (Å²) in [6, 6.07) is 9.48. The minimum atomic E-state index is -3.69. The summed E-state index contributed by atoms with van der Waals surface area (Å²) >= 11 is 0. The monoisotopic (exact) mass is 295 g/mol. The summed E-state index contributed by atoms with van der Waals surface area (Å²) in [4.78, 5) is 0.0950. The summed E-state index contributed by atoms with van der Waals surface area (Å²) in [5, 5.41) is 0. The molecule has 0 amide bonds. The van der Waals surface area contributed by atoms with E-state index in [1.54, 1.807) is 44.2 Å². The van der Waals surface area contributed by atoms with E-state index in [-0.39, 0.29) is 4.90 Å². The number of nitrogen functional groups attached to an aromatic ring is 1. The van der Waals surface area contributed by atoms with Crippen LogP contribution in [0.4, 0.5) is 5.69 Å². The number of rotatable bonds is 5. The molecule has 0 saturated carbocycles. The van der Waals surface area contributed by atoms with E-state index < -0.39 is 16.1 Å². The third-order valence-corrected chi connectivity index (χ3v) is 4.45. The van der Waals surface area contributed by atoms with Crippen LogP contribution in [0.1, 0.15) is 24.5 Å². The van der Waals surface area contributed by atoms with Gasteiger partial charge in [-0.15, -0.1) is 0 Å². The molecule has 0 aliphatic carbocycles. The molecule has 20 heavy (non-hydrogen) atoms. The molecule has 4 N–H and O–H groups in total. The number of hydrogen-bond acceptors (Lipinski definition) is 5. The van der Waals surface area contributed by atoms with E-state index in [1.165, 1.54) is 6.07 Å². The fraction of sp³-hybridized carbons (Fsp3) is 0.231. The SMILES string of the molecule is Cc1ccc(C(C)NS(=O)(=O)c2ccccc2NN)o1. The smallest absolute Gasteiger partial charge is 0.243 e. The predicted octanol–water partition coefficient (Wildman–Crippen LogP) is 1.91. The van der Waals surface area contributed by atoms with Crippen LogP contribution in [-0.2, 0) is 10.0 Å². The van der Waals surface area contributed by atoms with Gasteiger partial charge in [0.1, 0.15) is 16.4 Å². The summed E-state index contributed by atoms with van der Waals surface area (Å²) in [5.74, 6) is 6.62. The van der Waals surface area contributed by atoms with E-state index in [1.807, 2.05) is 0 Å². The zero-order valence-electron chi connectivity index (χ0n) is 11.3. The lowest BCUT2D eigenvalue weighted by molar-refractivity contribution is 0.441. The normalized spacial score (nSPS) is 13.2. The molecule has 0 bridgehead atoms. The van der Waals surface area contributed by atoms with Gasteiger partial charge in [-0.25, -0.2) is 13.1 Å². The van der Waals surface area contributed by atoms with Crippen molar-refractivity contribution in [1.82, 2.24) is 4.72 Å². The van der Waals surface area contributed by atoms with Crippen LogP contribution in [0.25, 0.3) is 0 Å². The molecule has 1 unspecified atom stereocenters. The molecule has 0 radical (unpaired) electrons. The lowest BCUT2D eigenvalue weighted by Gasteiger charge is -2.14. The van der Waals surface area contributed by atoms with E-state index in [4.69, 9.17) is 10.3 Å². The van der Waals surface area contributed by atoms with Crippen molar-refractivity contribution in [1.29, 1.82) is 0 Å². The highest BCUT2D eigenvalue weighted by molar-refractivity contribution is 7.89. The Kier molecular flexibility index (Phi) is 4.12. The molecule has 0 spiro atoms. The molecular weight excluding hydrogens is 278 g/mol. The summed E-state index contributed by atoms with van der Waals surface area (Å²) in [6.07, 6.45) is 0. The zero-order valence-corrected chi connectivity index (χ0v) is 12.1. The van der Waals surface area contributed by atoms with Gasteiger partial charge in [-0.3, -0.25) is 5.84 Å². The third-order valence-electron chi connectivity index (χ3n) is 2.85. The predicted molar refractivity (Wildman–Crippen MR) is 76.4 cm³/mol. The Morgan fingerprint density at radius 2 is 1.90 bits per heavy atom. The molecule has 2 aromatic rings. The van der Waals surface area contributed by atoms with Gasteiger partial charge in [-0.2, -0.15) is 0 Å². The van der Waals surface area contributed by atoms with E-state index in [0.29, 0.717) is 11.4 Å². The second kappa shape index (κ2) is 5.66. The van der Waals surface area contributed by atoms with E-state index >= 15 is 0 Å². The Morgan fingerprint density at radius 1 is 1.20 bits per heavy atom. The molecule has 2 rings (SSSR count). The van der Waals surface area contributed by atoms with Gasteiger partial charge in [0.05, 0.1) is 11.7 Å². The van der Waals surface area contributed by atoms with Gasteiger partial charge in [-0.05, 0) is 38.1 Å². The van der Waals surface area contributed by atoms with Crippen LogP contribution < -0.4 is 16.0 Å². The highest BCUT2D eigenvalue weighted by atomic mass is 32.2. The van der Waals surface area contributed by atoms with Crippen LogP contribution in [-0.4, -0.2) is 8.42 Å². The van der Waals surface area contributed by atoms with E-state index in [9.17, 15) is 8.42 Å². The first-order valence-corrected chi connectivity index (χ1v) is 7.56. The van der Waals surface area contributed by atoms with Crippen molar-refractivity contribution in [3.05, 3.63) is 47.9 Å². The topological polar surface area (TPSA) is 97.4 Å². The lowest BCUT2D eigenvalue weighted by atomic mass is 10.3. The number of para-hydroxylation sites is 1. The van der Waals surface area contributed by atoms with Gasteiger partial charge >= 0.3 is 0 Å². The van der Waals surface area contributed by atoms with Crippen molar-refractivity contribution >= 4 is 15.7 Å². The van der Waals surface area contributed by atoms with Crippen LogP contribution >= 0.6 is 0 Å². The van der Waals surface area contributed by atoms with E-state index in [0.717, 1.165) is 5.76 Å². The maximum Gasteiger partial charge on any atom is 0.243 e. The van der Waals surface area contributed by atoms with Crippen molar-refractivity contribution < 1.29 is 12.8 Å². The highest BCUT2D eigenvalue weighted by Gasteiger charge is 2.22. The van der Waals surface area contributed by atoms with Crippen molar-refractivity contribution in [2.45, 2.75) is 24.8 Å². The number of anilines is 1. The molecule has 108 valence electrons. The van der Waals surface area contributed by atoms with E-state index in [2.05, 4.69) is 10.1 Å². The third kappa shape index (κ3) is 3.01. The van der Waals surface area contributed by atoms with Gasteiger partial charge in [0.25, 0.3) is 0 Å². The largest absolute Gasteiger partial charge is 0.465 e. The van der Waals surface area contributed by atoms with Gasteiger partial charge in [0.2, 0.25) is 10.0 Å². The van der Waals surface area contributed by atoms with Crippen LogP contribution in [0.15, 0.2) is 45.7 Å². The Bertz CT molecular complexity index is 694. The highest BCUT2D eigenvalue weighted by Crippen LogP contribution is 2.23. The second-order valence-corrected chi connectivity index (χ2v) is 6.11. The second-order valence-electron chi connectivity index (χ2n) is 4.43. The molecule has 0 aliphatic rings. The fourth-order valence-electron chi connectivity index (χ4n) is 1.86. The van der Waals surface area contributed by atoms with Gasteiger partial charge in [0.15, 0.2) is 0 Å². The average Bonchev–Trinajstić information content (AvgIpc) is 2.85. The summed E-state index contributed by atoms with van der Waals surface area (Å²) in [6.45, 7) is 3.52. The van der Waals surface area contributed by atoms with Crippen LogP contribution in [0.3, 0.4) is 0 Å². The molecule has 6 nitrogen and oxygen atoms in total. The summed E-state index contributed by atoms with van der Waals surface area (Å²) < 4.78 is 32.7. The number of hydrogen-bond donors (Lipinski definition) is 3. The molecule has 0 fully saturated rings. The molecular formula is C13H17N3O3S. The first-order valence-electron chi connectivity index (χ1n) is 6.08. The maximum absolute atomic E-state index is 12.4. The summed E-state index contributed by atoms with van der Waals surface area (Å²) in [5.41, 5.74) is 2.71. The first-order chi connectivity index (χ1) is 9.44. The Morgan fingerprint density at radius 3 is 2.50 bits per heavy atom. The number of nitrogens with two attached hydrogens (primary N) is 1. The molecule has 1 aromatic carbocycles. The minimum absolute atomic E-state index is 0.0950. The van der Waals surface area contributed by atoms with Crippen molar-refractivity contribution in [3.8, 4) is 0 Å². The first kappa shape index (κ1) is 14.6. The van der Waals surface area contributed by atoms with Gasteiger partial charge in [0, 0.05) is 0 Å². The molecule has 7 heteroatoms. The molecule has 1 aromatic heterocycles. The van der Waals surface area contributed by atoms with Crippen molar-refractivity contribution in [2.24, 2.45) is 5.84 Å². The van der Waals surface area contributed by atoms with Crippen molar-refractivity contribution in [2.75, 3.05) is 5.43 Å². The molecule has 1 heterocycles. The standard InChI is InChI=1S/C13H17N3O3S/c1-9-7-8-12(19-9)10(2)16-20(17,18)13-6-4-3-5-11(13)15-14/h3-8,10,15-16H,14H2,1-2H3. The minimum Gasteiger partial charge on any atom is -0.465 e. The number of sulfonamides is 1. The lowest BCUT2D eigenvalue weighted by Crippen LogP contribution is -2.27. The Labute approximate surface area is 118 Å². The van der Waals surface area contributed by atoms with Crippen LogP contribution in [0.5, 0.6) is 0 Å². The number of aryl methyl sites for hydroxylation is 1. The fourth-order valence-corrected chi connectivity index (χ4v) is 3.24. The van der Waals surface area contributed by atoms with Crippen LogP contribution in [0, 0.1) is 6.92 Å². The van der Waals surface area contributed by atoms with Gasteiger partial charge < -0.3 is 9.84 Å². The zero-order chi connectivity index (χ0) is 14.8. The Balaban J connectivity index is 2.27. The molecule has 0 aliphatic heterocycles. The summed E-state index contributed by atoms with van der Waals surface area (Å²) in [7, 11) is -3.69. The van der Waals surface area contributed by atoms with Gasteiger partial charge in [-0.1, -0.05) is 12.1 Å². The molecule has 1 atom stereocenters. The van der Waals surface area contributed by atoms with Crippen molar-refractivity contribution in [3.63, 3.8) is 0 Å². The average molecular weight is 295 g/mol.